The van der Waals surface area contributed by atoms with Crippen molar-refractivity contribution in [1.29, 1.82) is 0 Å². The lowest BCUT2D eigenvalue weighted by molar-refractivity contribution is 0.262. The molecule has 17 heavy (non-hydrogen) atoms. The molecule has 1 fully saturated rings. The van der Waals surface area contributed by atoms with Crippen LogP contribution in [0.1, 0.15) is 19.3 Å². The number of sulfonamides is 1. The number of benzene rings is 1. The third-order valence-electron chi connectivity index (χ3n) is 3.26. The van der Waals surface area contributed by atoms with Crippen molar-refractivity contribution in [1.82, 2.24) is 4.31 Å². The van der Waals surface area contributed by atoms with Crippen molar-refractivity contribution in [2.24, 2.45) is 5.92 Å². The van der Waals surface area contributed by atoms with Crippen molar-refractivity contribution in [2.75, 3.05) is 13.6 Å². The molecule has 0 saturated heterocycles. The van der Waals surface area contributed by atoms with Gasteiger partial charge in [-0.1, -0.05) is 18.6 Å². The van der Waals surface area contributed by atoms with E-state index in [1.807, 2.05) is 0 Å². The molecule has 0 unspecified atom stereocenters. The normalized spacial score (nSPS) is 17.1. The minimum Gasteiger partial charge on any atom is -0.207 e. The number of hydrogen-bond acceptors (Lipinski definition) is 2. The van der Waals surface area contributed by atoms with Crippen LogP contribution in [0.3, 0.4) is 0 Å². The third kappa shape index (κ3) is 2.50. The highest BCUT2D eigenvalue weighted by molar-refractivity contribution is 7.89. The summed E-state index contributed by atoms with van der Waals surface area (Å²) in [7, 11) is -2.17. The van der Waals surface area contributed by atoms with Gasteiger partial charge in [0.25, 0.3) is 0 Å². The molecule has 5 heteroatoms. The lowest BCUT2D eigenvalue weighted by atomic mass is 9.86. The van der Waals surface area contributed by atoms with Crippen LogP contribution in [-0.2, 0) is 10.0 Å². The lowest BCUT2D eigenvalue weighted by Gasteiger charge is -2.29. The molecule has 1 aliphatic carbocycles. The third-order valence-corrected chi connectivity index (χ3v) is 5.12. The second-order valence-electron chi connectivity index (χ2n) is 4.51. The van der Waals surface area contributed by atoms with E-state index < -0.39 is 15.8 Å². The number of rotatable bonds is 4. The van der Waals surface area contributed by atoms with E-state index in [4.69, 9.17) is 0 Å². The predicted molar refractivity (Wildman–Crippen MR) is 63.6 cm³/mol. The van der Waals surface area contributed by atoms with E-state index in [-0.39, 0.29) is 4.90 Å². The molecule has 0 spiro atoms. The van der Waals surface area contributed by atoms with Crippen LogP contribution in [0.5, 0.6) is 0 Å². The van der Waals surface area contributed by atoms with Gasteiger partial charge in [0.15, 0.2) is 0 Å². The van der Waals surface area contributed by atoms with Crippen molar-refractivity contribution >= 4 is 10.0 Å². The van der Waals surface area contributed by atoms with Crippen LogP contribution in [0, 0.1) is 11.7 Å². The van der Waals surface area contributed by atoms with Gasteiger partial charge >= 0.3 is 0 Å². The molecule has 0 bridgehead atoms. The number of nitrogens with zero attached hydrogens (tertiary/aromatic N) is 1. The molecule has 1 aromatic rings. The minimum absolute atomic E-state index is 0.234. The largest absolute Gasteiger partial charge is 0.245 e. The van der Waals surface area contributed by atoms with Gasteiger partial charge in [0.1, 0.15) is 10.7 Å². The van der Waals surface area contributed by atoms with Gasteiger partial charge < -0.3 is 0 Å². The van der Waals surface area contributed by atoms with Gasteiger partial charge in [-0.05, 0) is 30.9 Å². The molecule has 94 valence electrons. The van der Waals surface area contributed by atoms with E-state index >= 15 is 0 Å². The van der Waals surface area contributed by atoms with Crippen LogP contribution in [-0.4, -0.2) is 26.3 Å². The summed E-state index contributed by atoms with van der Waals surface area (Å²) in [5.74, 6) is -0.255. The van der Waals surface area contributed by atoms with Crippen LogP contribution in [0.4, 0.5) is 4.39 Å². The second-order valence-corrected chi connectivity index (χ2v) is 6.53. The maximum absolute atomic E-state index is 13.5. The number of halogens is 1. The molecule has 0 heterocycles. The first-order valence-corrected chi connectivity index (χ1v) is 7.16. The van der Waals surface area contributed by atoms with E-state index in [9.17, 15) is 12.8 Å². The average molecular weight is 257 g/mol. The van der Waals surface area contributed by atoms with E-state index in [0.29, 0.717) is 12.5 Å². The summed E-state index contributed by atoms with van der Waals surface area (Å²) >= 11 is 0. The quantitative estimate of drug-likeness (QED) is 0.829. The summed E-state index contributed by atoms with van der Waals surface area (Å²) in [6, 6.07) is 5.50. The Labute approximate surface area is 101 Å². The summed E-state index contributed by atoms with van der Waals surface area (Å²) in [6.07, 6.45) is 3.30. The molecule has 0 amide bonds. The standard InChI is InChI=1S/C12H16FNO2S/c1-14(9-10-5-4-6-10)17(15,16)12-8-3-2-7-11(12)13/h2-3,7-8,10H,4-6,9H2,1H3. The smallest absolute Gasteiger partial charge is 0.207 e. The SMILES string of the molecule is CN(CC1CCC1)S(=O)(=O)c1ccccc1F. The van der Waals surface area contributed by atoms with Crippen molar-refractivity contribution in [3.8, 4) is 0 Å². The maximum atomic E-state index is 13.5. The molecule has 0 aromatic heterocycles. The zero-order valence-electron chi connectivity index (χ0n) is 9.77. The van der Waals surface area contributed by atoms with Crippen molar-refractivity contribution in [2.45, 2.75) is 24.2 Å². The highest BCUT2D eigenvalue weighted by atomic mass is 32.2. The zero-order chi connectivity index (χ0) is 12.5. The van der Waals surface area contributed by atoms with E-state index in [0.717, 1.165) is 19.3 Å². The summed E-state index contributed by atoms with van der Waals surface area (Å²) < 4.78 is 39.0. The van der Waals surface area contributed by atoms with Gasteiger partial charge in [-0.25, -0.2) is 17.1 Å². The van der Waals surface area contributed by atoms with Crippen LogP contribution in [0.15, 0.2) is 29.2 Å². The fraction of sp³-hybridized carbons (Fsp3) is 0.500. The first-order chi connectivity index (χ1) is 8.01. The Hall–Kier alpha value is -0.940. The molecule has 0 N–H and O–H groups in total. The van der Waals surface area contributed by atoms with Gasteiger partial charge in [0.05, 0.1) is 0 Å². The van der Waals surface area contributed by atoms with E-state index in [1.165, 1.54) is 35.6 Å². The van der Waals surface area contributed by atoms with Gasteiger partial charge in [-0.3, -0.25) is 0 Å². The van der Waals surface area contributed by atoms with Crippen molar-refractivity contribution in [3.05, 3.63) is 30.1 Å². The molecule has 3 nitrogen and oxygen atoms in total. The minimum atomic E-state index is -3.68. The molecule has 0 aliphatic heterocycles. The van der Waals surface area contributed by atoms with Gasteiger partial charge in [0.2, 0.25) is 10.0 Å². The summed E-state index contributed by atoms with van der Waals surface area (Å²) in [4.78, 5) is -0.234. The molecule has 1 aromatic carbocycles. The molecule has 1 aliphatic rings. The van der Waals surface area contributed by atoms with Gasteiger partial charge in [-0.2, -0.15) is 0 Å². The van der Waals surface area contributed by atoms with E-state index in [2.05, 4.69) is 0 Å². The van der Waals surface area contributed by atoms with Gasteiger partial charge in [-0.15, -0.1) is 0 Å². The highest BCUT2D eigenvalue weighted by Gasteiger charge is 2.28. The van der Waals surface area contributed by atoms with Crippen LogP contribution >= 0.6 is 0 Å². The van der Waals surface area contributed by atoms with Gasteiger partial charge in [0, 0.05) is 13.6 Å². The molecular formula is C12H16FNO2S. The topological polar surface area (TPSA) is 37.4 Å². The Bertz CT molecular complexity index is 497. The average Bonchev–Trinajstić information content (AvgIpc) is 2.23. The Kier molecular flexibility index (Phi) is 3.49. The van der Waals surface area contributed by atoms with Crippen LogP contribution in [0.2, 0.25) is 0 Å². The first-order valence-electron chi connectivity index (χ1n) is 5.72. The second kappa shape index (κ2) is 4.74. The summed E-state index contributed by atoms with van der Waals surface area (Å²) in [6.45, 7) is 0.483. The number of hydrogen-bond donors (Lipinski definition) is 0. The molecule has 1 saturated carbocycles. The zero-order valence-corrected chi connectivity index (χ0v) is 10.6. The lowest BCUT2D eigenvalue weighted by Crippen LogP contribution is -2.34. The van der Waals surface area contributed by atoms with E-state index in [1.54, 1.807) is 0 Å². The van der Waals surface area contributed by atoms with Crippen molar-refractivity contribution in [3.63, 3.8) is 0 Å². The highest BCUT2D eigenvalue weighted by Crippen LogP contribution is 2.28. The monoisotopic (exact) mass is 257 g/mol. The predicted octanol–water partition coefficient (Wildman–Crippen LogP) is 2.25. The summed E-state index contributed by atoms with van der Waals surface area (Å²) in [5, 5.41) is 0. The Morgan fingerprint density at radius 3 is 2.53 bits per heavy atom. The van der Waals surface area contributed by atoms with Crippen molar-refractivity contribution < 1.29 is 12.8 Å². The Balaban J connectivity index is 2.20. The van der Waals surface area contributed by atoms with Crippen LogP contribution < -0.4 is 0 Å². The summed E-state index contributed by atoms with van der Waals surface area (Å²) in [5.41, 5.74) is 0. The maximum Gasteiger partial charge on any atom is 0.245 e. The fourth-order valence-corrected chi connectivity index (χ4v) is 3.27. The Morgan fingerprint density at radius 1 is 1.35 bits per heavy atom. The molecule has 0 radical (unpaired) electrons. The molecular weight excluding hydrogens is 241 g/mol. The molecule has 2 rings (SSSR count). The van der Waals surface area contributed by atoms with Crippen LogP contribution in [0.25, 0.3) is 0 Å². The fourth-order valence-electron chi connectivity index (χ4n) is 1.96. The first kappa shape index (κ1) is 12.5. The Morgan fingerprint density at radius 2 is 2.00 bits per heavy atom. The molecule has 0 atom stereocenters.